The Kier molecular flexibility index (Phi) is 4.10. The van der Waals surface area contributed by atoms with Crippen molar-refractivity contribution in [2.24, 2.45) is 0 Å². The first-order valence-electron chi connectivity index (χ1n) is 5.05. The molecule has 88 valence electrons. The minimum atomic E-state index is -3.58. The molecule has 1 aromatic rings. The average Bonchev–Trinajstić information content (AvgIpc) is 2.75. The lowest BCUT2D eigenvalue weighted by Gasteiger charge is -2.09. The molecule has 0 saturated carbocycles. The van der Waals surface area contributed by atoms with Gasteiger partial charge in [0.15, 0.2) is 5.03 Å². The molecule has 5 nitrogen and oxygen atoms in total. The van der Waals surface area contributed by atoms with E-state index in [0.29, 0.717) is 18.7 Å². The van der Waals surface area contributed by atoms with E-state index in [9.17, 15) is 8.42 Å². The Morgan fingerprint density at radius 1 is 1.62 bits per heavy atom. The highest BCUT2D eigenvalue weighted by Crippen LogP contribution is 2.07. The summed E-state index contributed by atoms with van der Waals surface area (Å²) in [5, 5.41) is 0.0538. The minimum Gasteiger partial charge on any atom is -0.332 e. The number of rotatable bonds is 5. The van der Waals surface area contributed by atoms with Crippen molar-refractivity contribution in [2.75, 3.05) is 0 Å². The fourth-order valence-electron chi connectivity index (χ4n) is 1.15. The molecule has 0 fully saturated rings. The normalized spacial score (nSPS) is 13.3. The van der Waals surface area contributed by atoms with Gasteiger partial charge in [-0.15, -0.1) is 6.42 Å². The second-order valence-electron chi connectivity index (χ2n) is 3.30. The van der Waals surface area contributed by atoms with Crippen molar-refractivity contribution in [1.82, 2.24) is 14.7 Å². The Labute approximate surface area is 95.7 Å². The SMILES string of the molecule is C#CC(CC)NS(=O)(=O)c1cnc(CC)[nH]1. The quantitative estimate of drug-likeness (QED) is 0.744. The van der Waals surface area contributed by atoms with Gasteiger partial charge in [0.1, 0.15) is 5.82 Å². The molecular weight excluding hydrogens is 226 g/mol. The number of imidazole rings is 1. The molecule has 1 aromatic heterocycles. The zero-order valence-corrected chi connectivity index (χ0v) is 10.1. The molecule has 1 heterocycles. The third-order valence-electron chi connectivity index (χ3n) is 2.14. The van der Waals surface area contributed by atoms with E-state index in [1.165, 1.54) is 6.20 Å². The maximum atomic E-state index is 11.8. The summed E-state index contributed by atoms with van der Waals surface area (Å²) < 4.78 is 26.0. The summed E-state index contributed by atoms with van der Waals surface area (Å²) in [5.41, 5.74) is 0. The van der Waals surface area contributed by atoms with Crippen LogP contribution in [0.1, 0.15) is 26.1 Å². The van der Waals surface area contributed by atoms with Gasteiger partial charge in [0.2, 0.25) is 0 Å². The van der Waals surface area contributed by atoms with Gasteiger partial charge in [-0.1, -0.05) is 19.8 Å². The summed E-state index contributed by atoms with van der Waals surface area (Å²) in [4.78, 5) is 6.66. The van der Waals surface area contributed by atoms with E-state index in [-0.39, 0.29) is 5.03 Å². The Hall–Kier alpha value is -1.32. The smallest absolute Gasteiger partial charge is 0.258 e. The molecule has 16 heavy (non-hydrogen) atoms. The van der Waals surface area contributed by atoms with Crippen molar-refractivity contribution in [2.45, 2.75) is 37.8 Å². The number of nitrogens with one attached hydrogen (secondary N) is 2. The molecule has 0 radical (unpaired) electrons. The summed E-state index contributed by atoms with van der Waals surface area (Å²) in [6, 6.07) is -0.488. The van der Waals surface area contributed by atoms with Gasteiger partial charge in [-0.05, 0) is 6.42 Å². The molecule has 1 rings (SSSR count). The molecule has 0 aliphatic rings. The monoisotopic (exact) mass is 241 g/mol. The number of hydrogen-bond donors (Lipinski definition) is 2. The van der Waals surface area contributed by atoms with Gasteiger partial charge in [0.05, 0.1) is 12.2 Å². The van der Waals surface area contributed by atoms with Gasteiger partial charge in [-0.3, -0.25) is 0 Å². The fourth-order valence-corrected chi connectivity index (χ4v) is 2.33. The van der Waals surface area contributed by atoms with Crippen LogP contribution in [-0.4, -0.2) is 24.4 Å². The van der Waals surface area contributed by atoms with Crippen LogP contribution in [0.2, 0.25) is 0 Å². The van der Waals surface area contributed by atoms with Gasteiger partial charge in [0, 0.05) is 6.42 Å². The minimum absolute atomic E-state index is 0.0538. The zero-order chi connectivity index (χ0) is 12.2. The van der Waals surface area contributed by atoms with E-state index in [2.05, 4.69) is 20.6 Å². The number of aromatic amines is 1. The number of sulfonamides is 1. The van der Waals surface area contributed by atoms with Gasteiger partial charge >= 0.3 is 0 Å². The summed E-state index contributed by atoms with van der Waals surface area (Å²) in [5.74, 6) is 3.01. The molecular formula is C10H15N3O2S. The first kappa shape index (κ1) is 12.7. The molecule has 0 aliphatic carbocycles. The second-order valence-corrected chi connectivity index (χ2v) is 4.98. The summed E-state index contributed by atoms with van der Waals surface area (Å²) in [6.07, 6.45) is 7.69. The largest absolute Gasteiger partial charge is 0.332 e. The molecule has 0 amide bonds. The Bertz CT molecular complexity index is 484. The van der Waals surface area contributed by atoms with Crippen LogP contribution in [0, 0.1) is 12.3 Å². The van der Waals surface area contributed by atoms with E-state index < -0.39 is 16.1 Å². The van der Waals surface area contributed by atoms with E-state index >= 15 is 0 Å². The van der Waals surface area contributed by atoms with Crippen LogP contribution in [0.4, 0.5) is 0 Å². The third-order valence-corrected chi connectivity index (χ3v) is 3.52. The highest BCUT2D eigenvalue weighted by atomic mass is 32.2. The zero-order valence-electron chi connectivity index (χ0n) is 9.32. The third kappa shape index (κ3) is 2.84. The lowest BCUT2D eigenvalue weighted by atomic mass is 10.3. The predicted molar refractivity (Wildman–Crippen MR) is 61.2 cm³/mol. The molecule has 6 heteroatoms. The summed E-state index contributed by atoms with van der Waals surface area (Å²) in [7, 11) is -3.58. The van der Waals surface area contributed by atoms with Crippen molar-refractivity contribution >= 4 is 10.0 Å². The van der Waals surface area contributed by atoms with Gasteiger partial charge < -0.3 is 4.98 Å². The molecule has 0 saturated heterocycles. The first-order chi connectivity index (χ1) is 7.53. The Balaban J connectivity index is 2.90. The Morgan fingerprint density at radius 3 is 2.75 bits per heavy atom. The maximum absolute atomic E-state index is 11.8. The van der Waals surface area contributed by atoms with Crippen LogP contribution >= 0.6 is 0 Å². The maximum Gasteiger partial charge on any atom is 0.258 e. The predicted octanol–water partition coefficient (Wildman–Crippen LogP) is 0.662. The number of hydrogen-bond acceptors (Lipinski definition) is 3. The van der Waals surface area contributed by atoms with E-state index in [0.717, 1.165) is 0 Å². The van der Waals surface area contributed by atoms with Crippen LogP contribution in [0.25, 0.3) is 0 Å². The lowest BCUT2D eigenvalue weighted by Crippen LogP contribution is -2.33. The topological polar surface area (TPSA) is 74.8 Å². The number of terminal acetylenes is 1. The molecule has 0 bridgehead atoms. The van der Waals surface area contributed by atoms with Gasteiger partial charge in [-0.2, -0.15) is 4.72 Å². The second kappa shape index (κ2) is 5.14. The van der Waals surface area contributed by atoms with Gasteiger partial charge in [0.25, 0.3) is 10.0 Å². The Morgan fingerprint density at radius 2 is 2.31 bits per heavy atom. The molecule has 0 spiro atoms. The van der Waals surface area contributed by atoms with Crippen LogP contribution in [-0.2, 0) is 16.4 Å². The number of H-pyrrole nitrogens is 1. The van der Waals surface area contributed by atoms with Crippen molar-refractivity contribution in [3.8, 4) is 12.3 Å². The first-order valence-corrected chi connectivity index (χ1v) is 6.54. The van der Waals surface area contributed by atoms with Crippen molar-refractivity contribution in [1.29, 1.82) is 0 Å². The molecule has 2 N–H and O–H groups in total. The van der Waals surface area contributed by atoms with Crippen molar-refractivity contribution < 1.29 is 8.42 Å². The molecule has 0 aromatic carbocycles. The standard InChI is InChI=1S/C10H15N3O2S/c1-4-8(5-2)13-16(14,15)10-7-11-9(6-3)12-10/h1,7-8,13H,5-6H2,2-3H3,(H,11,12). The van der Waals surface area contributed by atoms with E-state index in [1.54, 1.807) is 0 Å². The summed E-state index contributed by atoms with van der Waals surface area (Å²) >= 11 is 0. The van der Waals surface area contributed by atoms with Crippen LogP contribution in [0.5, 0.6) is 0 Å². The number of aryl methyl sites for hydroxylation is 1. The van der Waals surface area contributed by atoms with Crippen LogP contribution in [0.3, 0.4) is 0 Å². The van der Waals surface area contributed by atoms with E-state index in [4.69, 9.17) is 6.42 Å². The highest BCUT2D eigenvalue weighted by molar-refractivity contribution is 7.89. The number of aromatic nitrogens is 2. The van der Waals surface area contributed by atoms with Crippen LogP contribution in [0.15, 0.2) is 11.2 Å². The van der Waals surface area contributed by atoms with Crippen molar-refractivity contribution in [3.05, 3.63) is 12.0 Å². The highest BCUT2D eigenvalue weighted by Gasteiger charge is 2.19. The fraction of sp³-hybridized carbons (Fsp3) is 0.500. The molecule has 1 atom stereocenters. The van der Waals surface area contributed by atoms with Crippen molar-refractivity contribution in [3.63, 3.8) is 0 Å². The summed E-state index contributed by atoms with van der Waals surface area (Å²) in [6.45, 7) is 3.70. The lowest BCUT2D eigenvalue weighted by molar-refractivity contribution is 0.567. The number of nitrogens with zero attached hydrogens (tertiary/aromatic N) is 1. The average molecular weight is 241 g/mol. The van der Waals surface area contributed by atoms with E-state index in [1.807, 2.05) is 13.8 Å². The molecule has 1 unspecified atom stereocenters. The van der Waals surface area contributed by atoms with Gasteiger partial charge in [-0.25, -0.2) is 13.4 Å². The molecule has 0 aliphatic heterocycles. The van der Waals surface area contributed by atoms with Crippen LogP contribution < -0.4 is 4.72 Å².